The summed E-state index contributed by atoms with van der Waals surface area (Å²) >= 11 is 5.83. The van der Waals surface area contributed by atoms with Crippen LogP contribution in [-0.2, 0) is 0 Å². The molecule has 0 saturated heterocycles. The minimum absolute atomic E-state index is 0.0785. The van der Waals surface area contributed by atoms with Crippen molar-refractivity contribution in [3.63, 3.8) is 0 Å². The summed E-state index contributed by atoms with van der Waals surface area (Å²) in [5.41, 5.74) is 1.62. The van der Waals surface area contributed by atoms with Crippen LogP contribution in [0.2, 0.25) is 5.02 Å². The Balaban J connectivity index is 2.96. The number of hydrogen-bond acceptors (Lipinski definition) is 1. The van der Waals surface area contributed by atoms with Gasteiger partial charge in [-0.3, -0.25) is 4.79 Å². The molecule has 0 radical (unpaired) electrons. The lowest BCUT2D eigenvalue weighted by Gasteiger charge is -2.01. The summed E-state index contributed by atoms with van der Waals surface area (Å²) in [7, 11) is 0. The number of aryl methyl sites for hydroxylation is 1. The predicted octanol–water partition coefficient (Wildman–Crippen LogP) is 3.41. The van der Waals surface area contributed by atoms with E-state index in [4.69, 9.17) is 11.6 Å². The average molecular weight is 195 g/mol. The number of carbonyl (C=O) groups excluding carboxylic acids is 1. The molecule has 1 aromatic rings. The van der Waals surface area contributed by atoms with E-state index in [1.54, 1.807) is 24.3 Å². The van der Waals surface area contributed by atoms with Gasteiger partial charge in [-0.2, -0.15) is 0 Å². The zero-order valence-electron chi connectivity index (χ0n) is 7.51. The van der Waals surface area contributed by atoms with E-state index in [0.717, 1.165) is 5.56 Å². The Morgan fingerprint density at radius 1 is 1.62 bits per heavy atom. The van der Waals surface area contributed by atoms with E-state index in [1.807, 2.05) is 6.92 Å². The third-order valence-electron chi connectivity index (χ3n) is 1.81. The van der Waals surface area contributed by atoms with Crippen molar-refractivity contribution in [1.82, 2.24) is 0 Å². The largest absolute Gasteiger partial charge is 0.294 e. The van der Waals surface area contributed by atoms with Gasteiger partial charge in [0.05, 0.1) is 0 Å². The van der Waals surface area contributed by atoms with Crippen LogP contribution in [0.5, 0.6) is 0 Å². The van der Waals surface area contributed by atoms with E-state index < -0.39 is 0 Å². The van der Waals surface area contributed by atoms with E-state index in [2.05, 4.69) is 6.58 Å². The summed E-state index contributed by atoms with van der Waals surface area (Å²) in [5.74, 6) is 0.0785. The Morgan fingerprint density at radius 3 is 2.85 bits per heavy atom. The molecule has 0 atom stereocenters. The number of Topliss-reactive ketones (excluding diaryl/α,β-unsaturated/α-hetero) is 1. The van der Waals surface area contributed by atoms with E-state index in [9.17, 15) is 4.79 Å². The second-order valence-electron chi connectivity index (χ2n) is 2.88. The average Bonchev–Trinajstić information content (AvgIpc) is 2.10. The zero-order valence-corrected chi connectivity index (χ0v) is 8.27. The lowest BCUT2D eigenvalue weighted by molar-refractivity contribution is 0.0996. The van der Waals surface area contributed by atoms with Crippen LogP contribution in [0.4, 0.5) is 0 Å². The van der Waals surface area contributed by atoms with Gasteiger partial charge in [0, 0.05) is 17.0 Å². The van der Waals surface area contributed by atoms with Crippen molar-refractivity contribution < 1.29 is 4.79 Å². The fourth-order valence-electron chi connectivity index (χ4n) is 1.07. The Hall–Kier alpha value is -1.08. The molecule has 13 heavy (non-hydrogen) atoms. The molecule has 1 nitrogen and oxygen atoms in total. The molecule has 0 amide bonds. The zero-order chi connectivity index (χ0) is 9.84. The highest BCUT2D eigenvalue weighted by molar-refractivity contribution is 6.31. The molecule has 0 aromatic heterocycles. The molecule has 0 aliphatic heterocycles. The Labute approximate surface area is 83.0 Å². The van der Waals surface area contributed by atoms with Crippen LogP contribution in [0.15, 0.2) is 30.9 Å². The molecular weight excluding hydrogens is 184 g/mol. The standard InChI is InChI=1S/C11H11ClO/c1-3-4-11(13)9-5-6-10(12)8(2)7-9/h3,5-7H,1,4H2,2H3. The summed E-state index contributed by atoms with van der Waals surface area (Å²) in [6.45, 7) is 5.40. The van der Waals surface area contributed by atoms with Crippen LogP contribution in [-0.4, -0.2) is 5.78 Å². The summed E-state index contributed by atoms with van der Waals surface area (Å²) in [4.78, 5) is 11.4. The van der Waals surface area contributed by atoms with Gasteiger partial charge in [-0.1, -0.05) is 17.7 Å². The lowest BCUT2D eigenvalue weighted by atomic mass is 10.1. The van der Waals surface area contributed by atoms with Gasteiger partial charge in [-0.25, -0.2) is 0 Å². The monoisotopic (exact) mass is 194 g/mol. The highest BCUT2D eigenvalue weighted by atomic mass is 35.5. The van der Waals surface area contributed by atoms with Crippen LogP contribution >= 0.6 is 11.6 Å². The first-order valence-electron chi connectivity index (χ1n) is 4.05. The van der Waals surface area contributed by atoms with Gasteiger partial charge in [0.25, 0.3) is 0 Å². The molecule has 0 heterocycles. The Bertz CT molecular complexity index is 342. The molecule has 0 spiro atoms. The highest BCUT2D eigenvalue weighted by Gasteiger charge is 2.04. The van der Waals surface area contributed by atoms with Crippen molar-refractivity contribution >= 4 is 17.4 Å². The molecule has 0 N–H and O–H groups in total. The molecule has 1 rings (SSSR count). The molecule has 68 valence electrons. The van der Waals surface area contributed by atoms with Crippen LogP contribution in [0.1, 0.15) is 22.3 Å². The molecule has 0 unspecified atom stereocenters. The number of carbonyl (C=O) groups is 1. The quantitative estimate of drug-likeness (QED) is 0.533. The Kier molecular flexibility index (Phi) is 3.26. The van der Waals surface area contributed by atoms with Crippen LogP contribution in [0.25, 0.3) is 0 Å². The summed E-state index contributed by atoms with van der Waals surface area (Å²) in [5, 5.41) is 0.690. The van der Waals surface area contributed by atoms with Gasteiger partial charge in [0.1, 0.15) is 0 Å². The minimum atomic E-state index is 0.0785. The number of benzene rings is 1. The normalized spacial score (nSPS) is 9.69. The maximum atomic E-state index is 11.4. The first-order chi connectivity index (χ1) is 6.15. The topological polar surface area (TPSA) is 17.1 Å². The second kappa shape index (κ2) is 4.24. The first-order valence-corrected chi connectivity index (χ1v) is 4.43. The summed E-state index contributed by atoms with van der Waals surface area (Å²) < 4.78 is 0. The van der Waals surface area contributed by atoms with Crippen molar-refractivity contribution in [2.24, 2.45) is 0 Å². The van der Waals surface area contributed by atoms with Crippen molar-refractivity contribution in [3.05, 3.63) is 47.0 Å². The maximum Gasteiger partial charge on any atom is 0.166 e. The number of ketones is 1. The molecule has 0 aliphatic carbocycles. The molecular formula is C11H11ClO. The molecule has 0 saturated carbocycles. The van der Waals surface area contributed by atoms with E-state index >= 15 is 0 Å². The minimum Gasteiger partial charge on any atom is -0.294 e. The number of halogens is 1. The van der Waals surface area contributed by atoms with Gasteiger partial charge in [-0.15, -0.1) is 6.58 Å². The van der Waals surface area contributed by atoms with Crippen LogP contribution in [0, 0.1) is 6.92 Å². The maximum absolute atomic E-state index is 11.4. The van der Waals surface area contributed by atoms with Gasteiger partial charge in [0.15, 0.2) is 5.78 Å². The number of rotatable bonds is 3. The SMILES string of the molecule is C=CCC(=O)c1ccc(Cl)c(C)c1. The third-order valence-corrected chi connectivity index (χ3v) is 2.23. The van der Waals surface area contributed by atoms with Gasteiger partial charge in [-0.05, 0) is 30.7 Å². The first kappa shape index (κ1) is 10.0. The molecule has 1 aromatic carbocycles. The van der Waals surface area contributed by atoms with Crippen LogP contribution in [0.3, 0.4) is 0 Å². The van der Waals surface area contributed by atoms with E-state index in [0.29, 0.717) is 17.0 Å². The molecule has 2 heteroatoms. The Morgan fingerprint density at radius 2 is 2.31 bits per heavy atom. The molecule has 0 bridgehead atoms. The summed E-state index contributed by atoms with van der Waals surface area (Å²) in [6.07, 6.45) is 1.98. The number of allylic oxidation sites excluding steroid dienone is 1. The van der Waals surface area contributed by atoms with E-state index in [1.165, 1.54) is 0 Å². The van der Waals surface area contributed by atoms with Crippen molar-refractivity contribution in [2.45, 2.75) is 13.3 Å². The molecule has 0 aliphatic rings. The van der Waals surface area contributed by atoms with Crippen molar-refractivity contribution in [1.29, 1.82) is 0 Å². The van der Waals surface area contributed by atoms with Crippen molar-refractivity contribution in [2.75, 3.05) is 0 Å². The smallest absolute Gasteiger partial charge is 0.166 e. The molecule has 0 fully saturated rings. The second-order valence-corrected chi connectivity index (χ2v) is 3.29. The van der Waals surface area contributed by atoms with Crippen LogP contribution < -0.4 is 0 Å². The van der Waals surface area contributed by atoms with E-state index in [-0.39, 0.29) is 5.78 Å². The fraction of sp³-hybridized carbons (Fsp3) is 0.182. The fourth-order valence-corrected chi connectivity index (χ4v) is 1.18. The lowest BCUT2D eigenvalue weighted by Crippen LogP contribution is -1.97. The highest BCUT2D eigenvalue weighted by Crippen LogP contribution is 2.17. The number of hydrogen-bond donors (Lipinski definition) is 0. The van der Waals surface area contributed by atoms with Crippen molar-refractivity contribution in [3.8, 4) is 0 Å². The third kappa shape index (κ3) is 2.43. The summed E-state index contributed by atoms with van der Waals surface area (Å²) in [6, 6.07) is 5.28. The van der Waals surface area contributed by atoms with Gasteiger partial charge < -0.3 is 0 Å². The van der Waals surface area contributed by atoms with Gasteiger partial charge >= 0.3 is 0 Å². The predicted molar refractivity (Wildman–Crippen MR) is 55.3 cm³/mol. The van der Waals surface area contributed by atoms with Gasteiger partial charge in [0.2, 0.25) is 0 Å².